The lowest BCUT2D eigenvalue weighted by Gasteiger charge is -2.29. The molecular formula is C46H32N2. The zero-order valence-corrected chi connectivity index (χ0v) is 26.9. The number of fused-ring (bicyclic) bond motifs is 9. The molecule has 0 N–H and O–H groups in total. The summed E-state index contributed by atoms with van der Waals surface area (Å²) >= 11 is 0. The lowest BCUT2D eigenvalue weighted by atomic mass is 9.78. The van der Waals surface area contributed by atoms with Crippen LogP contribution in [0, 0.1) is 13.8 Å². The third-order valence-corrected chi connectivity index (χ3v) is 10.2. The van der Waals surface area contributed by atoms with E-state index in [2.05, 4.69) is 181 Å². The fraction of sp³-hybridized carbons (Fsp3) is 0.0435. The van der Waals surface area contributed by atoms with E-state index in [4.69, 9.17) is 0 Å². The van der Waals surface area contributed by atoms with Crippen molar-refractivity contribution in [1.82, 2.24) is 4.57 Å². The summed E-state index contributed by atoms with van der Waals surface area (Å²) in [6, 6.07) is 58.2. The smallest absolute Gasteiger partial charge is 0.0541 e. The SMILES string of the molecule is Cc1cccc(N(c2ccc3cc4c(cc3c2)-c2cc3ccc(-n5c6ccccc6c6ccccc65)cc3cc2-4)c2ccccc2C)c1. The van der Waals surface area contributed by atoms with Crippen molar-refractivity contribution in [2.45, 2.75) is 13.8 Å². The Balaban J connectivity index is 1.08. The van der Waals surface area contributed by atoms with Gasteiger partial charge >= 0.3 is 0 Å². The van der Waals surface area contributed by atoms with Gasteiger partial charge in [0.05, 0.1) is 11.0 Å². The Hall–Kier alpha value is -6.12. The quantitative estimate of drug-likeness (QED) is 0.192. The molecular weight excluding hydrogens is 581 g/mol. The van der Waals surface area contributed by atoms with Crippen molar-refractivity contribution in [3.05, 3.63) is 169 Å². The van der Waals surface area contributed by atoms with Gasteiger partial charge in [-0.25, -0.2) is 0 Å². The number of hydrogen-bond acceptors (Lipinski definition) is 1. The first-order valence-electron chi connectivity index (χ1n) is 16.7. The van der Waals surface area contributed by atoms with Gasteiger partial charge in [-0.1, -0.05) is 78.9 Å². The summed E-state index contributed by atoms with van der Waals surface area (Å²) in [7, 11) is 0. The van der Waals surface area contributed by atoms with Gasteiger partial charge in [0.2, 0.25) is 0 Å². The van der Waals surface area contributed by atoms with Gasteiger partial charge in [-0.15, -0.1) is 0 Å². The van der Waals surface area contributed by atoms with Crippen LogP contribution in [0.3, 0.4) is 0 Å². The van der Waals surface area contributed by atoms with Crippen LogP contribution >= 0.6 is 0 Å². The number of hydrogen-bond donors (Lipinski definition) is 0. The molecule has 0 saturated carbocycles. The number of aryl methyl sites for hydroxylation is 2. The van der Waals surface area contributed by atoms with Crippen molar-refractivity contribution >= 4 is 60.4 Å². The number of benzene rings is 8. The van der Waals surface area contributed by atoms with Crippen LogP contribution in [0.4, 0.5) is 17.1 Å². The molecule has 2 nitrogen and oxygen atoms in total. The molecule has 0 bridgehead atoms. The molecule has 0 atom stereocenters. The number of nitrogens with zero attached hydrogens (tertiary/aromatic N) is 2. The first-order chi connectivity index (χ1) is 23.6. The Morgan fingerprint density at radius 1 is 0.417 bits per heavy atom. The van der Waals surface area contributed by atoms with Crippen LogP contribution in [0.1, 0.15) is 11.1 Å². The van der Waals surface area contributed by atoms with Crippen molar-refractivity contribution in [2.24, 2.45) is 0 Å². The highest BCUT2D eigenvalue weighted by Gasteiger charge is 2.25. The number of rotatable bonds is 4. The minimum atomic E-state index is 1.16. The highest BCUT2D eigenvalue weighted by atomic mass is 15.1. The van der Waals surface area contributed by atoms with E-state index < -0.39 is 0 Å². The predicted molar refractivity (Wildman–Crippen MR) is 204 cm³/mol. The van der Waals surface area contributed by atoms with Crippen molar-refractivity contribution < 1.29 is 0 Å². The fourth-order valence-corrected chi connectivity index (χ4v) is 7.89. The van der Waals surface area contributed by atoms with E-state index in [0.29, 0.717) is 0 Å². The molecule has 1 aliphatic rings. The molecule has 2 heteroatoms. The zero-order valence-electron chi connectivity index (χ0n) is 26.9. The van der Waals surface area contributed by atoms with Gasteiger partial charge in [-0.3, -0.25) is 0 Å². The lowest BCUT2D eigenvalue weighted by molar-refractivity contribution is 1.19. The topological polar surface area (TPSA) is 8.17 Å². The maximum absolute atomic E-state index is 2.40. The summed E-state index contributed by atoms with van der Waals surface area (Å²) in [5, 5.41) is 7.62. The van der Waals surface area contributed by atoms with Gasteiger partial charge < -0.3 is 9.47 Å². The molecule has 0 fully saturated rings. The van der Waals surface area contributed by atoms with Crippen LogP contribution in [0.5, 0.6) is 0 Å². The Labute approximate surface area is 279 Å². The first-order valence-corrected chi connectivity index (χ1v) is 16.7. The summed E-state index contributed by atoms with van der Waals surface area (Å²) in [6.45, 7) is 4.35. The molecule has 1 heterocycles. The molecule has 0 saturated heterocycles. The van der Waals surface area contributed by atoms with Crippen molar-refractivity contribution in [1.29, 1.82) is 0 Å². The molecule has 1 aliphatic carbocycles. The van der Waals surface area contributed by atoms with Crippen LogP contribution in [-0.4, -0.2) is 4.57 Å². The van der Waals surface area contributed by atoms with Crippen LogP contribution in [0.2, 0.25) is 0 Å². The van der Waals surface area contributed by atoms with Gasteiger partial charge in [0.15, 0.2) is 0 Å². The molecule has 0 unspecified atom stereocenters. The zero-order chi connectivity index (χ0) is 31.9. The largest absolute Gasteiger partial charge is 0.310 e. The standard InChI is InChI=1S/C46H32N2/c1-29-10-9-12-35(22-29)47(44-15-6-3-11-30(44)2)36-20-18-31-25-40-42(27-33(31)23-36)41-26-32-19-21-37(24-34(32)28-43(40)41)48-45-16-7-4-13-38(45)39-14-5-8-17-46(39)48/h3-28H,1-2H3. The first kappa shape index (κ1) is 27.0. The number of anilines is 3. The Morgan fingerprint density at radius 3 is 1.65 bits per heavy atom. The number of aromatic nitrogens is 1. The van der Waals surface area contributed by atoms with Crippen LogP contribution in [0.15, 0.2) is 158 Å². The average molecular weight is 613 g/mol. The van der Waals surface area contributed by atoms with E-state index in [9.17, 15) is 0 Å². The minimum Gasteiger partial charge on any atom is -0.310 e. The second-order valence-electron chi connectivity index (χ2n) is 13.2. The third kappa shape index (κ3) is 3.99. The fourth-order valence-electron chi connectivity index (χ4n) is 7.89. The predicted octanol–water partition coefficient (Wildman–Crippen LogP) is 12.8. The molecule has 0 radical (unpaired) electrons. The lowest BCUT2D eigenvalue weighted by Crippen LogP contribution is -2.11. The van der Waals surface area contributed by atoms with E-state index in [0.717, 1.165) is 5.69 Å². The molecule has 0 amide bonds. The van der Waals surface area contributed by atoms with Crippen molar-refractivity contribution in [3.8, 4) is 27.9 Å². The molecule has 0 aliphatic heterocycles. The molecule has 226 valence electrons. The van der Waals surface area contributed by atoms with Crippen LogP contribution in [-0.2, 0) is 0 Å². The highest BCUT2D eigenvalue weighted by Crippen LogP contribution is 2.51. The Kier molecular flexibility index (Phi) is 5.74. The maximum Gasteiger partial charge on any atom is 0.0541 e. The third-order valence-electron chi connectivity index (χ3n) is 10.2. The summed E-state index contributed by atoms with van der Waals surface area (Å²) < 4.78 is 2.40. The monoisotopic (exact) mass is 612 g/mol. The average Bonchev–Trinajstić information content (AvgIpc) is 3.45. The van der Waals surface area contributed by atoms with E-state index in [1.165, 1.54) is 93.8 Å². The summed E-state index contributed by atoms with van der Waals surface area (Å²) in [5.74, 6) is 0. The normalized spacial score (nSPS) is 12.0. The van der Waals surface area contributed by atoms with E-state index in [1.807, 2.05) is 0 Å². The number of para-hydroxylation sites is 3. The molecule has 48 heavy (non-hydrogen) atoms. The van der Waals surface area contributed by atoms with Gasteiger partial charge in [0.25, 0.3) is 0 Å². The molecule has 1 aromatic heterocycles. The van der Waals surface area contributed by atoms with Crippen LogP contribution in [0.25, 0.3) is 71.3 Å². The maximum atomic E-state index is 2.40. The summed E-state index contributed by atoms with van der Waals surface area (Å²) in [6.07, 6.45) is 0. The van der Waals surface area contributed by atoms with Gasteiger partial charge in [-0.05, 0) is 148 Å². The molecule has 10 rings (SSSR count). The van der Waals surface area contributed by atoms with Gasteiger partial charge in [-0.2, -0.15) is 0 Å². The van der Waals surface area contributed by atoms with Gasteiger partial charge in [0.1, 0.15) is 0 Å². The molecule has 0 spiro atoms. The van der Waals surface area contributed by atoms with E-state index in [-0.39, 0.29) is 0 Å². The van der Waals surface area contributed by atoms with E-state index >= 15 is 0 Å². The Bertz CT molecular complexity index is 2710. The second kappa shape index (κ2) is 10.2. The summed E-state index contributed by atoms with van der Waals surface area (Å²) in [4.78, 5) is 2.39. The van der Waals surface area contributed by atoms with Crippen molar-refractivity contribution in [3.63, 3.8) is 0 Å². The molecule has 8 aromatic carbocycles. The van der Waals surface area contributed by atoms with Crippen LogP contribution < -0.4 is 4.90 Å². The Morgan fingerprint density at radius 2 is 0.979 bits per heavy atom. The highest BCUT2D eigenvalue weighted by molar-refractivity contribution is 6.13. The second-order valence-corrected chi connectivity index (χ2v) is 13.2. The summed E-state index contributed by atoms with van der Waals surface area (Å²) in [5.41, 5.74) is 15.0. The molecule has 9 aromatic rings. The van der Waals surface area contributed by atoms with Crippen molar-refractivity contribution in [2.75, 3.05) is 4.90 Å². The van der Waals surface area contributed by atoms with Gasteiger partial charge in [0, 0.05) is 33.5 Å². The minimum absolute atomic E-state index is 1.16. The van der Waals surface area contributed by atoms with E-state index in [1.54, 1.807) is 0 Å².